The minimum Gasteiger partial charge on any atom is -0.481 e. The van der Waals surface area contributed by atoms with Crippen LogP contribution < -0.4 is 0 Å². The maximum absolute atomic E-state index is 10.5. The van der Waals surface area contributed by atoms with Crippen LogP contribution in [-0.4, -0.2) is 26.1 Å². The van der Waals surface area contributed by atoms with Crippen molar-refractivity contribution in [2.24, 2.45) is 0 Å². The summed E-state index contributed by atoms with van der Waals surface area (Å²) in [6.07, 6.45) is 6.74. The van der Waals surface area contributed by atoms with Crippen LogP contribution in [0.4, 0.5) is 0 Å². The third-order valence-corrected chi connectivity index (χ3v) is 3.13. The minimum absolute atomic E-state index is 0.121. The molecule has 0 saturated heterocycles. The number of aromatic nitrogens is 3. The molecule has 0 atom stereocenters. The molecule has 0 spiro atoms. The SMILES string of the molecule is CCCCCCCn1nnc(CCC(=O)O)c1C. The quantitative estimate of drug-likeness (QED) is 0.687. The molecule has 0 aliphatic rings. The first kappa shape index (κ1) is 14.7. The van der Waals surface area contributed by atoms with Gasteiger partial charge in [0.15, 0.2) is 0 Å². The molecule has 1 rings (SSSR count). The molecule has 102 valence electrons. The van der Waals surface area contributed by atoms with Gasteiger partial charge in [0, 0.05) is 13.0 Å². The van der Waals surface area contributed by atoms with Crippen LogP contribution in [0.25, 0.3) is 0 Å². The van der Waals surface area contributed by atoms with Crippen molar-refractivity contribution >= 4 is 5.97 Å². The zero-order valence-corrected chi connectivity index (χ0v) is 11.4. The molecule has 0 fully saturated rings. The molecule has 0 unspecified atom stereocenters. The lowest BCUT2D eigenvalue weighted by Gasteiger charge is -2.03. The standard InChI is InChI=1S/C13H23N3O2/c1-3-4-5-6-7-10-16-11(2)12(14-15-16)8-9-13(17)18/h3-10H2,1-2H3,(H,17,18). The zero-order valence-electron chi connectivity index (χ0n) is 11.4. The van der Waals surface area contributed by atoms with E-state index in [0.29, 0.717) is 6.42 Å². The lowest BCUT2D eigenvalue weighted by atomic mass is 10.1. The molecule has 1 heterocycles. The monoisotopic (exact) mass is 253 g/mol. The molecule has 0 aliphatic heterocycles. The number of hydrogen-bond acceptors (Lipinski definition) is 3. The van der Waals surface area contributed by atoms with Crippen molar-refractivity contribution in [2.75, 3.05) is 0 Å². The number of rotatable bonds is 9. The minimum atomic E-state index is -0.788. The second-order valence-corrected chi connectivity index (χ2v) is 4.65. The van der Waals surface area contributed by atoms with E-state index in [9.17, 15) is 4.79 Å². The van der Waals surface area contributed by atoms with E-state index in [1.165, 1.54) is 25.7 Å². The Labute approximate surface area is 108 Å². The Morgan fingerprint density at radius 2 is 2.00 bits per heavy atom. The summed E-state index contributed by atoms with van der Waals surface area (Å²) in [5.41, 5.74) is 1.82. The first-order valence-corrected chi connectivity index (χ1v) is 6.76. The molecule has 18 heavy (non-hydrogen) atoms. The fourth-order valence-corrected chi connectivity index (χ4v) is 1.93. The van der Waals surface area contributed by atoms with E-state index in [-0.39, 0.29) is 6.42 Å². The number of aryl methyl sites for hydroxylation is 2. The fourth-order valence-electron chi connectivity index (χ4n) is 1.93. The number of carboxylic acid groups (broad SMARTS) is 1. The topological polar surface area (TPSA) is 68.0 Å². The highest BCUT2D eigenvalue weighted by Crippen LogP contribution is 2.09. The van der Waals surface area contributed by atoms with Gasteiger partial charge in [-0.05, 0) is 13.3 Å². The second-order valence-electron chi connectivity index (χ2n) is 4.65. The van der Waals surface area contributed by atoms with Gasteiger partial charge in [-0.2, -0.15) is 0 Å². The Morgan fingerprint density at radius 3 is 2.67 bits per heavy atom. The molecule has 0 saturated carbocycles. The van der Waals surface area contributed by atoms with Crippen LogP contribution in [0.2, 0.25) is 0 Å². The smallest absolute Gasteiger partial charge is 0.303 e. The van der Waals surface area contributed by atoms with Gasteiger partial charge in [-0.15, -0.1) is 5.10 Å². The van der Waals surface area contributed by atoms with Crippen molar-refractivity contribution in [3.05, 3.63) is 11.4 Å². The number of nitrogens with zero attached hydrogens (tertiary/aromatic N) is 3. The lowest BCUT2D eigenvalue weighted by Crippen LogP contribution is -2.04. The summed E-state index contributed by atoms with van der Waals surface area (Å²) in [5.74, 6) is -0.788. The van der Waals surface area contributed by atoms with Crippen molar-refractivity contribution in [2.45, 2.75) is 65.3 Å². The summed E-state index contributed by atoms with van der Waals surface area (Å²) in [6, 6.07) is 0. The summed E-state index contributed by atoms with van der Waals surface area (Å²) in [4.78, 5) is 10.5. The normalized spacial score (nSPS) is 10.8. The van der Waals surface area contributed by atoms with Crippen LogP contribution in [0.5, 0.6) is 0 Å². The number of hydrogen-bond donors (Lipinski definition) is 1. The summed E-state index contributed by atoms with van der Waals surface area (Å²) < 4.78 is 1.89. The molecule has 0 bridgehead atoms. The van der Waals surface area contributed by atoms with E-state index < -0.39 is 5.97 Å². The maximum Gasteiger partial charge on any atom is 0.303 e. The van der Waals surface area contributed by atoms with Crippen molar-refractivity contribution in [1.82, 2.24) is 15.0 Å². The van der Waals surface area contributed by atoms with Crippen molar-refractivity contribution < 1.29 is 9.90 Å². The van der Waals surface area contributed by atoms with Crippen LogP contribution in [0.15, 0.2) is 0 Å². The van der Waals surface area contributed by atoms with E-state index in [2.05, 4.69) is 17.2 Å². The Kier molecular flexibility index (Phi) is 6.39. The van der Waals surface area contributed by atoms with Crippen LogP contribution in [0, 0.1) is 6.92 Å². The molecule has 0 aromatic carbocycles. The summed E-state index contributed by atoms with van der Waals surface area (Å²) >= 11 is 0. The summed E-state index contributed by atoms with van der Waals surface area (Å²) in [7, 11) is 0. The Balaban J connectivity index is 2.35. The van der Waals surface area contributed by atoms with Gasteiger partial charge in [-0.3, -0.25) is 4.79 Å². The van der Waals surface area contributed by atoms with E-state index >= 15 is 0 Å². The van der Waals surface area contributed by atoms with E-state index in [1.54, 1.807) is 0 Å². The predicted molar refractivity (Wildman–Crippen MR) is 69.5 cm³/mol. The molecule has 5 nitrogen and oxygen atoms in total. The first-order chi connectivity index (χ1) is 8.65. The molecular formula is C13H23N3O2. The first-order valence-electron chi connectivity index (χ1n) is 6.76. The van der Waals surface area contributed by atoms with Gasteiger partial charge < -0.3 is 5.11 Å². The van der Waals surface area contributed by atoms with Crippen LogP contribution in [0.1, 0.15) is 56.8 Å². The summed E-state index contributed by atoms with van der Waals surface area (Å²) in [6.45, 7) is 5.05. The molecule has 1 aromatic heterocycles. The third kappa shape index (κ3) is 4.85. The Hall–Kier alpha value is -1.39. The van der Waals surface area contributed by atoms with Crippen LogP contribution in [-0.2, 0) is 17.8 Å². The van der Waals surface area contributed by atoms with Gasteiger partial charge in [0.25, 0.3) is 0 Å². The highest BCUT2D eigenvalue weighted by molar-refractivity contribution is 5.66. The van der Waals surface area contributed by atoms with Gasteiger partial charge in [0.1, 0.15) is 0 Å². The Bertz CT molecular complexity index is 374. The maximum atomic E-state index is 10.5. The molecule has 1 N–H and O–H groups in total. The van der Waals surface area contributed by atoms with Gasteiger partial charge in [0.05, 0.1) is 17.8 Å². The number of carboxylic acids is 1. The fraction of sp³-hybridized carbons (Fsp3) is 0.769. The van der Waals surface area contributed by atoms with Gasteiger partial charge in [0.2, 0.25) is 0 Å². The van der Waals surface area contributed by atoms with Crippen molar-refractivity contribution in [1.29, 1.82) is 0 Å². The average molecular weight is 253 g/mol. The van der Waals surface area contributed by atoms with Gasteiger partial charge >= 0.3 is 5.97 Å². The molecule has 5 heteroatoms. The highest BCUT2D eigenvalue weighted by Gasteiger charge is 2.09. The van der Waals surface area contributed by atoms with Gasteiger partial charge in [-0.1, -0.05) is 37.8 Å². The number of aliphatic carboxylic acids is 1. The molecular weight excluding hydrogens is 230 g/mol. The molecule has 1 aromatic rings. The van der Waals surface area contributed by atoms with Gasteiger partial charge in [-0.25, -0.2) is 4.68 Å². The van der Waals surface area contributed by atoms with Crippen molar-refractivity contribution in [3.63, 3.8) is 0 Å². The lowest BCUT2D eigenvalue weighted by molar-refractivity contribution is -0.136. The summed E-state index contributed by atoms with van der Waals surface area (Å²) in [5, 5.41) is 16.8. The highest BCUT2D eigenvalue weighted by atomic mass is 16.4. The number of carbonyl (C=O) groups is 1. The molecule has 0 radical (unpaired) electrons. The van der Waals surface area contributed by atoms with Crippen LogP contribution >= 0.6 is 0 Å². The van der Waals surface area contributed by atoms with Crippen LogP contribution in [0.3, 0.4) is 0 Å². The largest absolute Gasteiger partial charge is 0.481 e. The van der Waals surface area contributed by atoms with E-state index in [1.807, 2.05) is 11.6 Å². The van der Waals surface area contributed by atoms with E-state index in [4.69, 9.17) is 5.11 Å². The Morgan fingerprint density at radius 1 is 1.28 bits per heavy atom. The predicted octanol–water partition coefficient (Wildman–Crippen LogP) is 2.57. The average Bonchev–Trinajstić information content (AvgIpc) is 2.68. The zero-order chi connectivity index (χ0) is 13.4. The second kappa shape index (κ2) is 7.84. The van der Waals surface area contributed by atoms with Crippen molar-refractivity contribution in [3.8, 4) is 0 Å². The molecule has 0 aliphatic carbocycles. The molecule has 0 amide bonds. The number of unbranched alkanes of at least 4 members (excludes halogenated alkanes) is 4. The van der Waals surface area contributed by atoms with E-state index in [0.717, 1.165) is 24.4 Å². The third-order valence-electron chi connectivity index (χ3n) is 3.13.